The van der Waals surface area contributed by atoms with Crippen LogP contribution in [-0.4, -0.2) is 27.6 Å². The zero-order valence-corrected chi connectivity index (χ0v) is 12.2. The van der Waals surface area contributed by atoms with Gasteiger partial charge in [0, 0.05) is 24.3 Å². The van der Waals surface area contributed by atoms with Crippen LogP contribution in [0.5, 0.6) is 0 Å². The number of anilines is 1. The second-order valence-corrected chi connectivity index (χ2v) is 5.71. The van der Waals surface area contributed by atoms with Crippen LogP contribution >= 0.6 is 11.3 Å². The smallest absolute Gasteiger partial charge is 0.269 e. The molecule has 0 radical (unpaired) electrons. The number of nitrogens with one attached hydrogen (secondary N) is 1. The van der Waals surface area contributed by atoms with Crippen LogP contribution in [0.4, 0.5) is 10.8 Å². The first-order valence-corrected chi connectivity index (χ1v) is 7.46. The van der Waals surface area contributed by atoms with Crippen LogP contribution in [0.25, 0.3) is 0 Å². The molecule has 1 amide bonds. The average Bonchev–Trinajstić information content (AvgIpc) is 3.18. The largest absolute Gasteiger partial charge is 0.371 e. The first kappa shape index (κ1) is 14.5. The summed E-state index contributed by atoms with van der Waals surface area (Å²) in [5.41, 5.74) is 0.257. The summed E-state index contributed by atoms with van der Waals surface area (Å²) in [6.07, 6.45) is 1.86. The van der Waals surface area contributed by atoms with Crippen LogP contribution < -0.4 is 5.32 Å². The van der Waals surface area contributed by atoms with Crippen molar-refractivity contribution in [2.24, 2.45) is 0 Å². The van der Waals surface area contributed by atoms with E-state index in [-0.39, 0.29) is 17.7 Å². The third-order valence-electron chi connectivity index (χ3n) is 3.21. The van der Waals surface area contributed by atoms with Crippen LogP contribution in [0.1, 0.15) is 34.3 Å². The molecule has 1 N–H and O–H groups in total. The first-order valence-electron chi connectivity index (χ1n) is 6.64. The molecule has 1 saturated heterocycles. The van der Waals surface area contributed by atoms with E-state index in [2.05, 4.69) is 15.5 Å². The van der Waals surface area contributed by atoms with Crippen molar-refractivity contribution >= 4 is 28.1 Å². The molecule has 0 saturated carbocycles. The first-order chi connectivity index (χ1) is 10.6. The number of carbonyl (C=O) groups is 1. The Morgan fingerprint density at radius 3 is 2.77 bits per heavy atom. The van der Waals surface area contributed by atoms with Crippen molar-refractivity contribution < 1.29 is 14.5 Å². The maximum atomic E-state index is 12.1. The molecule has 8 nitrogen and oxygen atoms in total. The molecule has 9 heteroatoms. The van der Waals surface area contributed by atoms with Gasteiger partial charge in [0.2, 0.25) is 5.13 Å². The Labute approximate surface area is 129 Å². The number of rotatable bonds is 4. The van der Waals surface area contributed by atoms with Gasteiger partial charge in [0.25, 0.3) is 11.6 Å². The molecule has 1 aromatic heterocycles. The summed E-state index contributed by atoms with van der Waals surface area (Å²) < 4.78 is 5.51. The van der Waals surface area contributed by atoms with Crippen molar-refractivity contribution in [3.63, 3.8) is 0 Å². The molecular weight excluding hydrogens is 308 g/mol. The Kier molecular flexibility index (Phi) is 4.07. The molecule has 0 bridgehead atoms. The lowest BCUT2D eigenvalue weighted by Gasteiger charge is -2.02. The van der Waals surface area contributed by atoms with Crippen molar-refractivity contribution in [3.8, 4) is 0 Å². The standard InChI is InChI=1S/C13H12N4O4S/c18-11(8-3-5-9(6-4-8)17(19)20)14-13-16-15-12(22-13)10-2-1-7-21-10/h3-6,10H,1-2,7H2,(H,14,16,18). The number of benzene rings is 1. The fraction of sp³-hybridized carbons (Fsp3) is 0.308. The Morgan fingerprint density at radius 1 is 1.36 bits per heavy atom. The molecule has 1 fully saturated rings. The Hall–Kier alpha value is -2.39. The van der Waals surface area contributed by atoms with E-state index in [0.717, 1.165) is 17.8 Å². The monoisotopic (exact) mass is 320 g/mol. The van der Waals surface area contributed by atoms with Crippen molar-refractivity contribution in [1.29, 1.82) is 0 Å². The minimum atomic E-state index is -0.514. The minimum Gasteiger partial charge on any atom is -0.371 e. The van der Waals surface area contributed by atoms with Gasteiger partial charge in [0.05, 0.1) is 4.92 Å². The predicted molar refractivity (Wildman–Crippen MR) is 78.9 cm³/mol. The van der Waals surface area contributed by atoms with E-state index in [1.165, 1.54) is 35.6 Å². The van der Waals surface area contributed by atoms with Gasteiger partial charge < -0.3 is 4.74 Å². The third kappa shape index (κ3) is 3.10. The normalized spacial score (nSPS) is 17.4. The number of nitro groups is 1. The minimum absolute atomic E-state index is 0.0393. The van der Waals surface area contributed by atoms with Gasteiger partial charge in [0.15, 0.2) is 0 Å². The number of carbonyl (C=O) groups excluding carboxylic acids is 1. The molecule has 1 atom stereocenters. The molecular formula is C13H12N4O4S. The van der Waals surface area contributed by atoms with Gasteiger partial charge in [-0.1, -0.05) is 11.3 Å². The van der Waals surface area contributed by atoms with Gasteiger partial charge in [-0.05, 0) is 25.0 Å². The number of amides is 1. The zero-order valence-electron chi connectivity index (χ0n) is 11.4. The van der Waals surface area contributed by atoms with Gasteiger partial charge >= 0.3 is 0 Å². The van der Waals surface area contributed by atoms with E-state index in [1.54, 1.807) is 0 Å². The van der Waals surface area contributed by atoms with E-state index < -0.39 is 4.92 Å². The van der Waals surface area contributed by atoms with Crippen LogP contribution in [0.15, 0.2) is 24.3 Å². The SMILES string of the molecule is O=C(Nc1nnc(C2CCCO2)s1)c1ccc([N+](=O)[O-])cc1. The molecule has 2 heterocycles. The number of nitrogens with zero attached hydrogens (tertiary/aromatic N) is 3. The summed E-state index contributed by atoms with van der Waals surface area (Å²) in [5.74, 6) is -0.384. The molecule has 1 aliphatic heterocycles. The summed E-state index contributed by atoms with van der Waals surface area (Å²) >= 11 is 1.27. The number of hydrogen-bond donors (Lipinski definition) is 1. The van der Waals surface area contributed by atoms with Crippen LogP contribution in [-0.2, 0) is 4.74 Å². The number of hydrogen-bond acceptors (Lipinski definition) is 7. The molecule has 2 aromatic rings. The highest BCUT2D eigenvalue weighted by atomic mass is 32.1. The van der Waals surface area contributed by atoms with Crippen LogP contribution in [0, 0.1) is 10.1 Å². The van der Waals surface area contributed by atoms with E-state index in [1.807, 2.05) is 0 Å². The maximum absolute atomic E-state index is 12.1. The maximum Gasteiger partial charge on any atom is 0.269 e. The van der Waals surface area contributed by atoms with Gasteiger partial charge in [-0.25, -0.2) is 0 Å². The van der Waals surface area contributed by atoms with E-state index in [9.17, 15) is 14.9 Å². The van der Waals surface area contributed by atoms with Crippen molar-refractivity contribution in [2.75, 3.05) is 11.9 Å². The van der Waals surface area contributed by atoms with Gasteiger partial charge in [-0.15, -0.1) is 10.2 Å². The van der Waals surface area contributed by atoms with Crippen LogP contribution in [0.3, 0.4) is 0 Å². The summed E-state index contributed by atoms with van der Waals surface area (Å²) in [7, 11) is 0. The number of aromatic nitrogens is 2. The fourth-order valence-corrected chi connectivity index (χ4v) is 2.91. The lowest BCUT2D eigenvalue weighted by molar-refractivity contribution is -0.384. The summed E-state index contributed by atoms with van der Waals surface area (Å²) in [5, 5.41) is 22.3. The van der Waals surface area contributed by atoms with Gasteiger partial charge in [0.1, 0.15) is 11.1 Å². The molecule has 0 aliphatic carbocycles. The fourth-order valence-electron chi connectivity index (χ4n) is 2.09. The lowest BCUT2D eigenvalue weighted by atomic mass is 10.2. The van der Waals surface area contributed by atoms with Crippen molar-refractivity contribution in [1.82, 2.24) is 10.2 Å². The Morgan fingerprint density at radius 2 is 2.14 bits per heavy atom. The Balaban J connectivity index is 1.67. The number of ether oxygens (including phenoxy) is 1. The summed E-state index contributed by atoms with van der Waals surface area (Å²) in [6.45, 7) is 0.717. The number of non-ortho nitro benzene ring substituents is 1. The molecule has 0 spiro atoms. The van der Waals surface area contributed by atoms with E-state index in [4.69, 9.17) is 4.74 Å². The molecule has 1 aromatic carbocycles. The highest BCUT2D eigenvalue weighted by molar-refractivity contribution is 7.15. The lowest BCUT2D eigenvalue weighted by Crippen LogP contribution is -2.11. The third-order valence-corrected chi connectivity index (χ3v) is 4.14. The molecule has 114 valence electrons. The highest BCUT2D eigenvalue weighted by Crippen LogP contribution is 2.32. The molecule has 22 heavy (non-hydrogen) atoms. The quantitative estimate of drug-likeness (QED) is 0.685. The zero-order chi connectivity index (χ0) is 15.5. The highest BCUT2D eigenvalue weighted by Gasteiger charge is 2.22. The Bertz CT molecular complexity index is 694. The van der Waals surface area contributed by atoms with E-state index >= 15 is 0 Å². The van der Waals surface area contributed by atoms with E-state index in [0.29, 0.717) is 17.3 Å². The van der Waals surface area contributed by atoms with Crippen LogP contribution in [0.2, 0.25) is 0 Å². The number of nitro benzene ring substituents is 1. The van der Waals surface area contributed by atoms with Crippen molar-refractivity contribution in [3.05, 3.63) is 45.0 Å². The summed E-state index contributed by atoms with van der Waals surface area (Å²) in [6, 6.07) is 5.37. The predicted octanol–water partition coefficient (Wildman–Crippen LogP) is 2.55. The molecule has 1 unspecified atom stereocenters. The molecule has 1 aliphatic rings. The van der Waals surface area contributed by atoms with Gasteiger partial charge in [-0.3, -0.25) is 20.2 Å². The summed E-state index contributed by atoms with van der Waals surface area (Å²) in [4.78, 5) is 22.1. The van der Waals surface area contributed by atoms with Crippen molar-refractivity contribution in [2.45, 2.75) is 18.9 Å². The average molecular weight is 320 g/mol. The topological polar surface area (TPSA) is 107 Å². The second-order valence-electron chi connectivity index (χ2n) is 4.71. The second kappa shape index (κ2) is 6.16. The van der Waals surface area contributed by atoms with Gasteiger partial charge in [-0.2, -0.15) is 0 Å². The molecule has 3 rings (SSSR count).